The van der Waals surface area contributed by atoms with Crippen molar-refractivity contribution in [1.82, 2.24) is 4.98 Å². The van der Waals surface area contributed by atoms with Gasteiger partial charge >= 0.3 is 0 Å². The van der Waals surface area contributed by atoms with Gasteiger partial charge in [-0.2, -0.15) is 0 Å². The van der Waals surface area contributed by atoms with E-state index in [1.807, 2.05) is 0 Å². The van der Waals surface area contributed by atoms with E-state index in [0.717, 1.165) is 12.4 Å². The predicted octanol–water partition coefficient (Wildman–Crippen LogP) is 2.43. The lowest BCUT2D eigenvalue weighted by molar-refractivity contribution is 0.574. The Morgan fingerprint density at radius 1 is 1.20 bits per heavy atom. The number of hydrogen-bond donors (Lipinski definition) is 0. The summed E-state index contributed by atoms with van der Waals surface area (Å²) < 4.78 is 24.3. The van der Waals surface area contributed by atoms with E-state index in [1.165, 1.54) is 0 Å². The van der Waals surface area contributed by atoms with Crippen LogP contribution in [0.25, 0.3) is 0 Å². The fourth-order valence-corrected chi connectivity index (χ4v) is 0.493. The first-order valence-electron chi connectivity index (χ1n) is 2.16. The highest BCUT2D eigenvalue weighted by Gasteiger charge is 2.03. The second-order valence-electron chi connectivity index (χ2n) is 1.42. The van der Waals surface area contributed by atoms with Crippen molar-refractivity contribution in [3.8, 4) is 0 Å². The van der Waals surface area contributed by atoms with Crippen molar-refractivity contribution in [2.75, 3.05) is 0 Å². The van der Waals surface area contributed by atoms with Crippen molar-refractivity contribution in [2.24, 2.45) is 0 Å². The van der Waals surface area contributed by atoms with E-state index < -0.39 is 16.7 Å². The monoisotopic (exact) mass is 185 g/mol. The van der Waals surface area contributed by atoms with Crippen LogP contribution >= 0.6 is 24.0 Å². The van der Waals surface area contributed by atoms with Crippen LogP contribution < -0.4 is 0 Å². The highest BCUT2D eigenvalue weighted by molar-refractivity contribution is 6.30. The molecule has 1 aromatic rings. The van der Waals surface area contributed by atoms with Gasteiger partial charge in [0.15, 0.2) is 11.6 Å². The molecule has 0 unspecified atom stereocenters. The van der Waals surface area contributed by atoms with E-state index in [9.17, 15) is 8.78 Å². The Labute approximate surface area is 67.4 Å². The van der Waals surface area contributed by atoms with Gasteiger partial charge in [0.25, 0.3) is 0 Å². The Morgan fingerprint density at radius 2 is 1.60 bits per heavy atom. The van der Waals surface area contributed by atoms with Crippen molar-refractivity contribution in [1.29, 1.82) is 0 Å². The number of aromatic nitrogens is 1. The molecule has 0 saturated heterocycles. The Balaban J connectivity index is 0.000000810. The van der Waals surface area contributed by atoms with E-state index in [1.54, 1.807) is 0 Å². The minimum Gasteiger partial charge on any atom is -0.259 e. The van der Waals surface area contributed by atoms with Crippen LogP contribution in [0.4, 0.5) is 8.78 Å². The van der Waals surface area contributed by atoms with Crippen molar-refractivity contribution in [3.63, 3.8) is 0 Å². The van der Waals surface area contributed by atoms with Gasteiger partial charge in [0.1, 0.15) is 5.02 Å². The fourth-order valence-electron chi connectivity index (χ4n) is 0.396. The lowest BCUT2D eigenvalue weighted by Crippen LogP contribution is -1.83. The topological polar surface area (TPSA) is 12.9 Å². The SMILES string of the molecule is Cl.Fc1cncc(F)c1Cl. The third-order valence-corrected chi connectivity index (χ3v) is 1.16. The van der Waals surface area contributed by atoms with Gasteiger partial charge in [-0.25, -0.2) is 8.78 Å². The molecule has 0 bridgehead atoms. The Bertz CT molecular complexity index is 209. The standard InChI is InChI=1S/C5H2ClF2N.ClH/c6-5-3(7)1-9-2-4(5)8;/h1-2H;1H. The summed E-state index contributed by atoms with van der Waals surface area (Å²) in [5, 5.41) is -0.509. The Hall–Kier alpha value is -0.410. The molecule has 1 aromatic heterocycles. The second kappa shape index (κ2) is 3.68. The zero-order valence-electron chi connectivity index (χ0n) is 4.64. The maximum atomic E-state index is 12.1. The molecule has 0 aromatic carbocycles. The summed E-state index contributed by atoms with van der Waals surface area (Å²) in [7, 11) is 0. The van der Waals surface area contributed by atoms with Crippen molar-refractivity contribution in [2.45, 2.75) is 0 Å². The smallest absolute Gasteiger partial charge is 0.163 e. The van der Waals surface area contributed by atoms with Crippen LogP contribution in [0.1, 0.15) is 0 Å². The zero-order valence-corrected chi connectivity index (χ0v) is 6.22. The molecule has 1 heterocycles. The van der Waals surface area contributed by atoms with Crippen LogP contribution in [0, 0.1) is 11.6 Å². The lowest BCUT2D eigenvalue weighted by Gasteiger charge is -1.90. The molecule has 0 atom stereocenters. The summed E-state index contributed by atoms with van der Waals surface area (Å²) in [5.74, 6) is -1.67. The van der Waals surface area contributed by atoms with E-state index in [0.29, 0.717) is 0 Å². The van der Waals surface area contributed by atoms with Crippen molar-refractivity contribution < 1.29 is 8.78 Å². The molecule has 1 nitrogen and oxygen atoms in total. The third kappa shape index (κ3) is 1.78. The van der Waals surface area contributed by atoms with Crippen LogP contribution in [-0.2, 0) is 0 Å². The molecular weight excluding hydrogens is 183 g/mol. The number of hydrogen-bond acceptors (Lipinski definition) is 1. The largest absolute Gasteiger partial charge is 0.259 e. The minimum atomic E-state index is -0.836. The average molecular weight is 186 g/mol. The fraction of sp³-hybridized carbons (Fsp3) is 0. The summed E-state index contributed by atoms with van der Waals surface area (Å²) in [4.78, 5) is 3.21. The normalized spacial score (nSPS) is 8.70. The molecule has 10 heavy (non-hydrogen) atoms. The highest BCUT2D eigenvalue weighted by atomic mass is 35.5. The first kappa shape index (κ1) is 9.59. The van der Waals surface area contributed by atoms with E-state index >= 15 is 0 Å². The van der Waals surface area contributed by atoms with E-state index in [2.05, 4.69) is 4.98 Å². The van der Waals surface area contributed by atoms with Gasteiger partial charge in [0.2, 0.25) is 0 Å². The summed E-state index contributed by atoms with van der Waals surface area (Å²) in [6, 6.07) is 0. The van der Waals surface area contributed by atoms with E-state index in [-0.39, 0.29) is 12.4 Å². The maximum absolute atomic E-state index is 12.1. The summed E-state index contributed by atoms with van der Waals surface area (Å²) >= 11 is 5.09. The molecule has 0 N–H and O–H groups in total. The lowest BCUT2D eigenvalue weighted by atomic mass is 10.5. The van der Waals surface area contributed by atoms with Gasteiger partial charge in [-0.3, -0.25) is 4.98 Å². The molecule has 0 saturated carbocycles. The molecule has 56 valence electrons. The number of pyridine rings is 1. The van der Waals surface area contributed by atoms with Gasteiger partial charge in [-0.15, -0.1) is 12.4 Å². The number of rotatable bonds is 0. The van der Waals surface area contributed by atoms with Crippen molar-refractivity contribution >= 4 is 24.0 Å². The van der Waals surface area contributed by atoms with Gasteiger partial charge in [-0.05, 0) is 0 Å². The molecule has 0 radical (unpaired) electrons. The van der Waals surface area contributed by atoms with Crippen LogP contribution in [-0.4, -0.2) is 4.98 Å². The maximum Gasteiger partial charge on any atom is 0.163 e. The number of halogens is 4. The summed E-state index contributed by atoms with van der Waals surface area (Å²) in [6.45, 7) is 0. The highest BCUT2D eigenvalue weighted by Crippen LogP contribution is 2.15. The number of nitrogens with zero attached hydrogens (tertiary/aromatic N) is 1. The average Bonchev–Trinajstić information content (AvgIpc) is 1.83. The Morgan fingerprint density at radius 3 is 1.90 bits per heavy atom. The molecule has 0 amide bonds. The van der Waals surface area contributed by atoms with Gasteiger partial charge in [0.05, 0.1) is 12.4 Å². The molecule has 0 spiro atoms. The first-order chi connectivity index (χ1) is 4.22. The van der Waals surface area contributed by atoms with Gasteiger partial charge in [-0.1, -0.05) is 11.6 Å². The summed E-state index contributed by atoms with van der Waals surface area (Å²) in [5.41, 5.74) is 0. The summed E-state index contributed by atoms with van der Waals surface area (Å²) in [6.07, 6.45) is 1.71. The molecule has 0 aliphatic rings. The predicted molar refractivity (Wildman–Crippen MR) is 36.4 cm³/mol. The van der Waals surface area contributed by atoms with Crippen LogP contribution in [0.15, 0.2) is 12.4 Å². The molecule has 0 aliphatic heterocycles. The first-order valence-corrected chi connectivity index (χ1v) is 2.54. The van der Waals surface area contributed by atoms with Crippen molar-refractivity contribution in [3.05, 3.63) is 29.1 Å². The van der Waals surface area contributed by atoms with Gasteiger partial charge in [0, 0.05) is 0 Å². The molecule has 5 heteroatoms. The zero-order chi connectivity index (χ0) is 6.85. The minimum absolute atomic E-state index is 0. The molecular formula is C5H3Cl2F2N. The Kier molecular flexibility index (Phi) is 3.53. The van der Waals surface area contributed by atoms with Crippen LogP contribution in [0.5, 0.6) is 0 Å². The second-order valence-corrected chi connectivity index (χ2v) is 1.80. The van der Waals surface area contributed by atoms with Crippen LogP contribution in [0.2, 0.25) is 5.02 Å². The molecule has 0 aliphatic carbocycles. The quantitative estimate of drug-likeness (QED) is 0.606. The molecule has 1 rings (SSSR count). The third-order valence-electron chi connectivity index (χ3n) is 0.795. The molecule has 0 fully saturated rings. The van der Waals surface area contributed by atoms with Crippen LogP contribution in [0.3, 0.4) is 0 Å². The van der Waals surface area contributed by atoms with Gasteiger partial charge < -0.3 is 0 Å². The van der Waals surface area contributed by atoms with E-state index in [4.69, 9.17) is 11.6 Å².